The van der Waals surface area contributed by atoms with E-state index in [-0.39, 0.29) is 17.9 Å². The Morgan fingerprint density at radius 2 is 1.97 bits per heavy atom. The lowest BCUT2D eigenvalue weighted by atomic mass is 9.98. The highest BCUT2D eigenvalue weighted by Crippen LogP contribution is 2.35. The lowest BCUT2D eigenvalue weighted by Gasteiger charge is -2.44. The number of nitrogens with one attached hydrogen (secondary N) is 1. The van der Waals surface area contributed by atoms with E-state index in [2.05, 4.69) is 34.9 Å². The Labute approximate surface area is 179 Å². The number of aromatic amines is 1. The van der Waals surface area contributed by atoms with Gasteiger partial charge in [-0.1, -0.05) is 12.1 Å². The van der Waals surface area contributed by atoms with Gasteiger partial charge in [-0.2, -0.15) is 5.10 Å². The molecule has 2 atom stereocenters. The van der Waals surface area contributed by atoms with Gasteiger partial charge in [0.05, 0.1) is 36.5 Å². The summed E-state index contributed by atoms with van der Waals surface area (Å²) in [6, 6.07) is 6.67. The quantitative estimate of drug-likeness (QED) is 0.537. The van der Waals surface area contributed by atoms with Gasteiger partial charge in [0.1, 0.15) is 11.6 Å². The third-order valence-electron chi connectivity index (χ3n) is 5.72. The summed E-state index contributed by atoms with van der Waals surface area (Å²) in [5.41, 5.74) is 3.06. The Balaban J connectivity index is 1.52. The van der Waals surface area contributed by atoms with Gasteiger partial charge in [-0.15, -0.1) is 0 Å². The third-order valence-corrected chi connectivity index (χ3v) is 5.72. The summed E-state index contributed by atoms with van der Waals surface area (Å²) in [5, 5.41) is 7.09. The van der Waals surface area contributed by atoms with E-state index in [1.807, 2.05) is 48.7 Å². The highest BCUT2D eigenvalue weighted by Gasteiger charge is 2.35. The van der Waals surface area contributed by atoms with Gasteiger partial charge < -0.3 is 9.47 Å². The first-order valence-corrected chi connectivity index (χ1v) is 10.2. The minimum atomic E-state index is -0.243. The fourth-order valence-corrected chi connectivity index (χ4v) is 4.28. The minimum absolute atomic E-state index is 0.0100. The van der Waals surface area contributed by atoms with Crippen LogP contribution < -0.4 is 4.90 Å². The number of H-pyrrole nitrogens is 1. The van der Waals surface area contributed by atoms with E-state index in [0.29, 0.717) is 6.54 Å². The van der Waals surface area contributed by atoms with E-state index in [4.69, 9.17) is 0 Å². The molecular weight excluding hydrogens is 395 g/mol. The molecule has 0 bridgehead atoms. The first kappa shape index (κ1) is 19.4. The average Bonchev–Trinajstić information content (AvgIpc) is 3.48. The van der Waals surface area contributed by atoms with Crippen LogP contribution in [0.4, 0.5) is 10.2 Å². The van der Waals surface area contributed by atoms with Crippen LogP contribution in [0.1, 0.15) is 28.9 Å². The van der Waals surface area contributed by atoms with Crippen molar-refractivity contribution in [2.24, 2.45) is 7.05 Å². The smallest absolute Gasteiger partial charge is 0.147 e. The van der Waals surface area contributed by atoms with E-state index in [9.17, 15) is 4.39 Å². The molecule has 0 spiro atoms. The lowest BCUT2D eigenvalue weighted by Crippen LogP contribution is -2.50. The van der Waals surface area contributed by atoms with Crippen molar-refractivity contribution in [1.82, 2.24) is 34.6 Å². The number of aryl methyl sites for hydroxylation is 1. The number of anilines is 1. The normalized spacial score (nSPS) is 18.3. The van der Waals surface area contributed by atoms with E-state index in [1.165, 1.54) is 12.1 Å². The standard InChI is InChI=1S/C22H23FN8/c1-29-13-19(26-15-29)22(17-10-27-28-11-17)30-8-9-31(21-12-24-6-7-25-21)20(14-30)16-2-4-18(23)5-3-16/h2-7,10-13,15,20,22H,8-9,14H2,1H3,(H,27,28). The van der Waals surface area contributed by atoms with Crippen molar-refractivity contribution in [1.29, 1.82) is 0 Å². The third kappa shape index (κ3) is 3.91. The van der Waals surface area contributed by atoms with Gasteiger partial charge in [0, 0.05) is 57.0 Å². The van der Waals surface area contributed by atoms with Crippen molar-refractivity contribution in [2.75, 3.05) is 24.5 Å². The SMILES string of the molecule is Cn1cnc(C(c2cn[nH]c2)N2CCN(c3cnccn3)C(c3ccc(F)cc3)C2)c1. The second-order valence-electron chi connectivity index (χ2n) is 7.72. The van der Waals surface area contributed by atoms with Crippen LogP contribution in [0.25, 0.3) is 0 Å². The summed E-state index contributed by atoms with van der Waals surface area (Å²) < 4.78 is 15.6. The molecule has 1 aliphatic rings. The summed E-state index contributed by atoms with van der Waals surface area (Å²) in [5.74, 6) is 0.571. The van der Waals surface area contributed by atoms with Crippen molar-refractivity contribution in [3.8, 4) is 0 Å². The Morgan fingerprint density at radius 1 is 1.10 bits per heavy atom. The average molecular weight is 418 g/mol. The maximum atomic E-state index is 13.6. The molecule has 5 rings (SSSR count). The Kier molecular flexibility index (Phi) is 5.17. The molecule has 0 aliphatic carbocycles. The fourth-order valence-electron chi connectivity index (χ4n) is 4.28. The molecule has 1 aliphatic heterocycles. The number of nitrogens with zero attached hydrogens (tertiary/aromatic N) is 7. The van der Waals surface area contributed by atoms with Crippen LogP contribution in [0.3, 0.4) is 0 Å². The van der Waals surface area contributed by atoms with Crippen LogP contribution in [0.15, 0.2) is 67.8 Å². The molecule has 1 N–H and O–H groups in total. The predicted octanol–water partition coefficient (Wildman–Crippen LogP) is 2.73. The van der Waals surface area contributed by atoms with Crippen LogP contribution in [0.2, 0.25) is 0 Å². The molecule has 9 heteroatoms. The number of rotatable bonds is 5. The molecule has 1 fully saturated rings. The number of hydrogen-bond acceptors (Lipinski definition) is 6. The molecule has 0 amide bonds. The van der Waals surface area contributed by atoms with Crippen LogP contribution >= 0.6 is 0 Å². The van der Waals surface area contributed by atoms with Gasteiger partial charge in [0.2, 0.25) is 0 Å². The topological polar surface area (TPSA) is 78.8 Å². The summed E-state index contributed by atoms with van der Waals surface area (Å²) >= 11 is 0. The van der Waals surface area contributed by atoms with Crippen LogP contribution in [0, 0.1) is 5.82 Å². The number of benzene rings is 1. The second-order valence-corrected chi connectivity index (χ2v) is 7.72. The molecule has 1 aromatic carbocycles. The number of aromatic nitrogens is 6. The number of imidazole rings is 1. The van der Waals surface area contributed by atoms with Gasteiger partial charge in [-0.3, -0.25) is 15.0 Å². The van der Waals surface area contributed by atoms with E-state index >= 15 is 0 Å². The van der Waals surface area contributed by atoms with E-state index < -0.39 is 0 Å². The zero-order valence-corrected chi connectivity index (χ0v) is 17.1. The Bertz CT molecular complexity index is 1110. The summed E-state index contributed by atoms with van der Waals surface area (Å²) in [4.78, 5) is 18.0. The maximum absolute atomic E-state index is 13.6. The molecule has 4 aromatic rings. The highest BCUT2D eigenvalue weighted by molar-refractivity contribution is 5.42. The zero-order valence-electron chi connectivity index (χ0n) is 17.1. The Morgan fingerprint density at radius 3 is 2.65 bits per heavy atom. The first-order chi connectivity index (χ1) is 15.2. The van der Waals surface area contributed by atoms with Crippen molar-refractivity contribution < 1.29 is 4.39 Å². The largest absolute Gasteiger partial charge is 0.346 e. The van der Waals surface area contributed by atoms with Crippen LogP contribution in [-0.2, 0) is 7.05 Å². The summed E-state index contributed by atoms with van der Waals surface area (Å²) in [6.07, 6.45) is 12.8. The number of piperazine rings is 1. The number of hydrogen-bond donors (Lipinski definition) is 1. The molecule has 31 heavy (non-hydrogen) atoms. The van der Waals surface area contributed by atoms with Crippen LogP contribution in [-0.4, -0.2) is 54.3 Å². The first-order valence-electron chi connectivity index (χ1n) is 10.2. The molecule has 8 nitrogen and oxygen atoms in total. The van der Waals surface area contributed by atoms with Crippen molar-refractivity contribution in [2.45, 2.75) is 12.1 Å². The molecule has 0 saturated carbocycles. The van der Waals surface area contributed by atoms with E-state index in [0.717, 1.165) is 35.7 Å². The monoisotopic (exact) mass is 418 g/mol. The van der Waals surface area contributed by atoms with Gasteiger partial charge in [0.15, 0.2) is 0 Å². The predicted molar refractivity (Wildman–Crippen MR) is 114 cm³/mol. The molecule has 2 unspecified atom stereocenters. The maximum Gasteiger partial charge on any atom is 0.147 e. The van der Waals surface area contributed by atoms with Gasteiger partial charge in [0.25, 0.3) is 0 Å². The lowest BCUT2D eigenvalue weighted by molar-refractivity contribution is 0.180. The molecule has 4 heterocycles. The summed E-state index contributed by atoms with van der Waals surface area (Å²) in [6.45, 7) is 2.28. The highest BCUT2D eigenvalue weighted by atomic mass is 19.1. The molecule has 1 saturated heterocycles. The van der Waals surface area contributed by atoms with Gasteiger partial charge >= 0.3 is 0 Å². The second kappa shape index (κ2) is 8.27. The van der Waals surface area contributed by atoms with Crippen molar-refractivity contribution in [3.63, 3.8) is 0 Å². The molecule has 158 valence electrons. The van der Waals surface area contributed by atoms with Crippen LogP contribution in [0.5, 0.6) is 0 Å². The summed E-state index contributed by atoms with van der Waals surface area (Å²) in [7, 11) is 1.97. The minimum Gasteiger partial charge on any atom is -0.346 e. The number of halogens is 1. The fraction of sp³-hybridized carbons (Fsp3) is 0.273. The van der Waals surface area contributed by atoms with Crippen molar-refractivity contribution in [3.05, 3.63) is 90.4 Å². The zero-order chi connectivity index (χ0) is 21.2. The van der Waals surface area contributed by atoms with Crippen molar-refractivity contribution >= 4 is 5.82 Å². The van der Waals surface area contributed by atoms with E-state index in [1.54, 1.807) is 18.6 Å². The Hall–Kier alpha value is -3.59. The van der Waals surface area contributed by atoms with Gasteiger partial charge in [-0.25, -0.2) is 14.4 Å². The van der Waals surface area contributed by atoms with Gasteiger partial charge in [-0.05, 0) is 17.7 Å². The molecule has 3 aromatic heterocycles. The molecular formula is C22H23FN8. The molecule has 0 radical (unpaired) electrons.